The molecule has 1 aliphatic rings. The lowest BCUT2D eigenvalue weighted by atomic mass is 10.1. The summed E-state index contributed by atoms with van der Waals surface area (Å²) in [6, 6.07) is 8.03. The Balaban J connectivity index is 1.94. The number of benzene rings is 2. The number of nitrogens with zero attached hydrogens (tertiary/aromatic N) is 1. The van der Waals surface area contributed by atoms with E-state index in [2.05, 4.69) is 9.46 Å². The van der Waals surface area contributed by atoms with E-state index in [4.69, 9.17) is 4.74 Å². The second-order valence-corrected chi connectivity index (χ2v) is 14.9. The number of carbonyl (C=O) groups excluding carboxylic acids is 1. The van der Waals surface area contributed by atoms with Crippen molar-refractivity contribution >= 4 is 31.7 Å². The number of hydrogen-bond acceptors (Lipinski definition) is 7. The fourth-order valence-electron chi connectivity index (χ4n) is 3.93. The molecule has 3 rings (SSSR count). The molecule has 9 nitrogen and oxygen atoms in total. The first kappa shape index (κ1) is 32.6. The van der Waals surface area contributed by atoms with Crippen LogP contribution in [0.15, 0.2) is 47.4 Å². The highest BCUT2D eigenvalue weighted by atomic mass is 32.2. The van der Waals surface area contributed by atoms with Crippen molar-refractivity contribution in [3.8, 4) is 5.75 Å². The molecule has 0 fully saturated rings. The third kappa shape index (κ3) is 8.32. The van der Waals surface area contributed by atoms with Gasteiger partial charge in [-0.25, -0.2) is 25.9 Å². The van der Waals surface area contributed by atoms with Crippen molar-refractivity contribution in [3.05, 3.63) is 53.8 Å². The SMILES string of the molecule is CC(C)(C)NS(=O)(=O)CC[C@H]1CN(S(=O)(=O)c2ccc(F)cc2)c2cc(CC(=O)OC(C)(C)C(F)(F)F)ccc2O1. The number of nitrogens with one attached hydrogen (secondary N) is 1. The number of hydrogen-bond donors (Lipinski definition) is 1. The molecule has 1 N–H and O–H groups in total. The normalized spacial score (nSPS) is 16.6. The number of rotatable bonds is 9. The topological polar surface area (TPSA) is 119 Å². The Labute approximate surface area is 236 Å². The molecule has 0 saturated heterocycles. The number of ether oxygens (including phenoxy) is 2. The fraction of sp³-hybridized carbons (Fsp3) is 0.500. The summed E-state index contributed by atoms with van der Waals surface area (Å²) in [6.07, 6.45) is -6.40. The summed E-state index contributed by atoms with van der Waals surface area (Å²) in [7, 11) is -8.09. The lowest BCUT2D eigenvalue weighted by Crippen LogP contribution is -2.46. The second-order valence-electron chi connectivity index (χ2n) is 11.2. The number of fused-ring (bicyclic) bond motifs is 1. The molecule has 0 amide bonds. The quantitative estimate of drug-likeness (QED) is 0.326. The maximum atomic E-state index is 13.6. The maximum Gasteiger partial charge on any atom is 0.427 e. The van der Waals surface area contributed by atoms with Crippen LogP contribution < -0.4 is 13.8 Å². The number of alkyl halides is 3. The van der Waals surface area contributed by atoms with Gasteiger partial charge in [-0.1, -0.05) is 6.07 Å². The lowest BCUT2D eigenvalue weighted by Gasteiger charge is -2.36. The molecule has 2 aromatic carbocycles. The predicted molar refractivity (Wildman–Crippen MR) is 143 cm³/mol. The molecule has 1 aliphatic heterocycles. The minimum atomic E-state index is -4.81. The van der Waals surface area contributed by atoms with E-state index in [0.29, 0.717) is 13.8 Å². The maximum absolute atomic E-state index is 13.6. The van der Waals surface area contributed by atoms with Gasteiger partial charge in [0.2, 0.25) is 15.6 Å². The standard InChI is InChI=1S/C26H32F4N2O7S2/c1-24(2,3)31-40(34,35)13-12-19-16-32(41(36,37)20-9-7-18(27)8-10-20)21-14-17(6-11-22(21)38-19)15-23(33)39-25(4,5)26(28,29)30/h6-11,14,19,31H,12-13,15-16H2,1-5H3/t19-/m0/s1. The van der Waals surface area contributed by atoms with E-state index in [-0.39, 0.29) is 40.6 Å². The Morgan fingerprint density at radius 3 is 2.20 bits per heavy atom. The zero-order chi connectivity index (χ0) is 31.0. The van der Waals surface area contributed by atoms with E-state index in [1.807, 2.05) is 0 Å². The minimum Gasteiger partial charge on any atom is -0.486 e. The van der Waals surface area contributed by atoms with Crippen molar-refractivity contribution in [2.24, 2.45) is 0 Å². The molecular formula is C26H32F4N2O7S2. The van der Waals surface area contributed by atoms with Gasteiger partial charge in [0, 0.05) is 12.0 Å². The summed E-state index contributed by atoms with van der Waals surface area (Å²) in [5.74, 6) is -2.18. The monoisotopic (exact) mass is 624 g/mol. The average molecular weight is 625 g/mol. The molecule has 15 heteroatoms. The van der Waals surface area contributed by atoms with Crippen molar-refractivity contribution in [1.29, 1.82) is 0 Å². The number of sulfonamides is 2. The van der Waals surface area contributed by atoms with Gasteiger partial charge in [0.15, 0.2) is 0 Å². The molecule has 1 atom stereocenters. The highest BCUT2D eigenvalue weighted by molar-refractivity contribution is 7.92. The third-order valence-corrected chi connectivity index (χ3v) is 9.42. The van der Waals surface area contributed by atoms with Crippen LogP contribution in [0.3, 0.4) is 0 Å². The van der Waals surface area contributed by atoms with Gasteiger partial charge >= 0.3 is 12.1 Å². The molecule has 0 spiro atoms. The van der Waals surface area contributed by atoms with Gasteiger partial charge < -0.3 is 9.47 Å². The summed E-state index contributed by atoms with van der Waals surface area (Å²) in [4.78, 5) is 12.1. The summed E-state index contributed by atoms with van der Waals surface area (Å²) in [6.45, 7) is 6.11. The number of halogens is 4. The van der Waals surface area contributed by atoms with Gasteiger partial charge in [-0.2, -0.15) is 13.2 Å². The van der Waals surface area contributed by atoms with E-state index in [1.54, 1.807) is 20.8 Å². The van der Waals surface area contributed by atoms with Crippen molar-refractivity contribution in [1.82, 2.24) is 4.72 Å². The first-order valence-electron chi connectivity index (χ1n) is 12.5. The van der Waals surface area contributed by atoms with Gasteiger partial charge in [-0.05, 0) is 76.6 Å². The molecule has 0 radical (unpaired) electrons. The van der Waals surface area contributed by atoms with Crippen molar-refractivity contribution in [2.75, 3.05) is 16.6 Å². The van der Waals surface area contributed by atoms with Gasteiger partial charge in [0.25, 0.3) is 10.0 Å². The highest BCUT2D eigenvalue weighted by Crippen LogP contribution is 2.39. The van der Waals surface area contributed by atoms with Crippen molar-refractivity contribution < 1.29 is 48.7 Å². The molecule has 0 aromatic heterocycles. The van der Waals surface area contributed by atoms with Crippen LogP contribution in [0.4, 0.5) is 23.2 Å². The number of carbonyl (C=O) groups is 1. The smallest absolute Gasteiger partial charge is 0.427 e. The van der Waals surface area contributed by atoms with Crippen molar-refractivity contribution in [2.45, 2.75) is 75.8 Å². The largest absolute Gasteiger partial charge is 0.486 e. The zero-order valence-corrected chi connectivity index (χ0v) is 24.7. The van der Waals surface area contributed by atoms with Crippen LogP contribution >= 0.6 is 0 Å². The first-order valence-corrected chi connectivity index (χ1v) is 15.6. The van der Waals surface area contributed by atoms with Gasteiger partial charge in [0.1, 0.15) is 17.7 Å². The van der Waals surface area contributed by atoms with Crippen LogP contribution in [0.25, 0.3) is 0 Å². The Hall–Kier alpha value is -2.91. The molecular weight excluding hydrogens is 592 g/mol. The predicted octanol–water partition coefficient (Wildman–Crippen LogP) is 4.32. The molecule has 0 bridgehead atoms. The summed E-state index contributed by atoms with van der Waals surface area (Å²) in [5.41, 5.74) is -3.36. The van der Waals surface area contributed by atoms with Gasteiger partial charge in [0.05, 0.1) is 29.3 Å². The van der Waals surface area contributed by atoms with Crippen molar-refractivity contribution in [3.63, 3.8) is 0 Å². The summed E-state index contributed by atoms with van der Waals surface area (Å²) >= 11 is 0. The van der Waals surface area contributed by atoms with Crippen LogP contribution in [0.1, 0.15) is 46.6 Å². The third-order valence-electron chi connectivity index (χ3n) is 5.93. The molecule has 0 saturated carbocycles. The number of esters is 1. The lowest BCUT2D eigenvalue weighted by molar-refractivity contribution is -0.257. The van der Waals surface area contributed by atoms with Crippen LogP contribution in [0, 0.1) is 5.82 Å². The summed E-state index contributed by atoms with van der Waals surface area (Å²) < 4.78 is 119. The van der Waals surface area contributed by atoms with Crippen LogP contribution in [-0.4, -0.2) is 58.5 Å². The molecule has 0 unspecified atom stereocenters. The Kier molecular flexibility index (Phi) is 9.07. The Morgan fingerprint density at radius 2 is 1.63 bits per heavy atom. The molecule has 41 heavy (non-hydrogen) atoms. The van der Waals surface area contributed by atoms with Crippen LogP contribution in [0.2, 0.25) is 0 Å². The van der Waals surface area contributed by atoms with Crippen LogP contribution in [-0.2, 0) is 36.0 Å². The van der Waals surface area contributed by atoms with E-state index < -0.39 is 61.7 Å². The van der Waals surface area contributed by atoms with E-state index in [9.17, 15) is 39.2 Å². The second kappa shape index (κ2) is 11.4. The van der Waals surface area contributed by atoms with E-state index in [0.717, 1.165) is 28.6 Å². The van der Waals surface area contributed by atoms with E-state index >= 15 is 0 Å². The number of anilines is 1. The first-order chi connectivity index (χ1) is 18.6. The molecule has 228 valence electrons. The minimum absolute atomic E-state index is 0.0263. The zero-order valence-electron chi connectivity index (χ0n) is 23.1. The molecule has 2 aromatic rings. The molecule has 0 aliphatic carbocycles. The Bertz CT molecular complexity index is 1490. The van der Waals surface area contributed by atoms with E-state index in [1.165, 1.54) is 18.2 Å². The average Bonchev–Trinajstić information content (AvgIpc) is 2.80. The highest BCUT2D eigenvalue weighted by Gasteiger charge is 2.50. The Morgan fingerprint density at radius 1 is 1.02 bits per heavy atom. The fourth-order valence-corrected chi connectivity index (χ4v) is 7.04. The van der Waals surface area contributed by atoms with Gasteiger partial charge in [-0.3, -0.25) is 9.10 Å². The van der Waals surface area contributed by atoms with Crippen LogP contribution in [0.5, 0.6) is 5.75 Å². The molecule has 1 heterocycles. The van der Waals surface area contributed by atoms with Gasteiger partial charge in [-0.15, -0.1) is 0 Å². The summed E-state index contributed by atoms with van der Waals surface area (Å²) in [5, 5.41) is 0.